The fraction of sp³-hybridized carbons (Fsp3) is 0.375. The minimum Gasteiger partial charge on any atom is -0.389 e. The first kappa shape index (κ1) is 16.0. The van der Waals surface area contributed by atoms with E-state index in [9.17, 15) is 5.11 Å². The summed E-state index contributed by atoms with van der Waals surface area (Å²) in [6.45, 7) is 5.51. The summed E-state index contributed by atoms with van der Waals surface area (Å²) in [7, 11) is 0. The first-order valence-electron chi connectivity index (χ1n) is 7.65. The minimum absolute atomic E-state index is 0.474. The van der Waals surface area contributed by atoms with Crippen LogP contribution in [0.5, 0.6) is 0 Å². The van der Waals surface area contributed by atoms with Crippen LogP contribution in [0, 0.1) is 0 Å². The van der Waals surface area contributed by atoms with Gasteiger partial charge in [-0.1, -0.05) is 6.07 Å². The fourth-order valence-corrected chi connectivity index (χ4v) is 3.31. The molecule has 1 aliphatic heterocycles. The molecule has 0 spiro atoms. The second-order valence-electron chi connectivity index (χ2n) is 5.55. The highest BCUT2D eigenvalue weighted by atomic mass is 32.2. The van der Waals surface area contributed by atoms with Gasteiger partial charge in [-0.05, 0) is 42.6 Å². The third-order valence-corrected chi connectivity index (χ3v) is 4.89. The van der Waals surface area contributed by atoms with Crippen LogP contribution in [0.25, 0.3) is 0 Å². The number of nitrogen functional groups attached to an aromatic ring is 1. The average molecular weight is 331 g/mol. The SMILES string of the molecule is CC(O)c1ccc(N2CCN(Sc3ccc(N)nc3)CC2)nc1. The molecular weight excluding hydrogens is 310 g/mol. The predicted molar refractivity (Wildman–Crippen MR) is 93.2 cm³/mol. The summed E-state index contributed by atoms with van der Waals surface area (Å²) in [6, 6.07) is 7.74. The molecule has 1 fully saturated rings. The van der Waals surface area contributed by atoms with Gasteiger partial charge in [-0.3, -0.25) is 0 Å². The van der Waals surface area contributed by atoms with Crippen molar-refractivity contribution in [2.45, 2.75) is 17.9 Å². The van der Waals surface area contributed by atoms with Crippen LogP contribution in [0.2, 0.25) is 0 Å². The average Bonchev–Trinajstić information content (AvgIpc) is 2.58. The Balaban J connectivity index is 1.54. The molecule has 3 rings (SSSR count). The van der Waals surface area contributed by atoms with Gasteiger partial charge < -0.3 is 15.7 Å². The summed E-state index contributed by atoms with van der Waals surface area (Å²) in [5.41, 5.74) is 6.45. The van der Waals surface area contributed by atoms with E-state index in [1.165, 1.54) is 0 Å². The number of aromatic nitrogens is 2. The number of anilines is 2. The highest BCUT2D eigenvalue weighted by Gasteiger charge is 2.19. The van der Waals surface area contributed by atoms with Crippen LogP contribution >= 0.6 is 11.9 Å². The molecule has 0 radical (unpaired) electrons. The molecule has 0 saturated carbocycles. The van der Waals surface area contributed by atoms with Gasteiger partial charge in [0.15, 0.2) is 0 Å². The van der Waals surface area contributed by atoms with Crippen LogP contribution in [0.4, 0.5) is 11.6 Å². The largest absolute Gasteiger partial charge is 0.389 e. The van der Waals surface area contributed by atoms with Crippen molar-refractivity contribution in [3.63, 3.8) is 0 Å². The molecule has 1 atom stereocenters. The molecule has 7 heteroatoms. The molecule has 1 aliphatic rings. The zero-order valence-electron chi connectivity index (χ0n) is 13.1. The number of pyridine rings is 2. The van der Waals surface area contributed by atoms with E-state index >= 15 is 0 Å². The summed E-state index contributed by atoms with van der Waals surface area (Å²) in [6.07, 6.45) is 3.09. The molecular formula is C16H21N5OS. The van der Waals surface area contributed by atoms with Gasteiger partial charge in [0.1, 0.15) is 11.6 Å². The lowest BCUT2D eigenvalue weighted by atomic mass is 10.2. The predicted octanol–water partition coefficient (Wildman–Crippen LogP) is 1.94. The Morgan fingerprint density at radius 2 is 1.87 bits per heavy atom. The fourth-order valence-electron chi connectivity index (χ4n) is 2.43. The number of hydrogen-bond donors (Lipinski definition) is 2. The van der Waals surface area contributed by atoms with Crippen LogP contribution in [-0.2, 0) is 0 Å². The van der Waals surface area contributed by atoms with Crippen LogP contribution in [0.3, 0.4) is 0 Å². The van der Waals surface area contributed by atoms with E-state index < -0.39 is 6.10 Å². The lowest BCUT2D eigenvalue weighted by molar-refractivity contribution is 0.199. The Hall–Kier alpha value is -1.83. The van der Waals surface area contributed by atoms with Crippen molar-refractivity contribution in [2.24, 2.45) is 0 Å². The topological polar surface area (TPSA) is 78.5 Å². The van der Waals surface area contributed by atoms with Gasteiger partial charge in [-0.25, -0.2) is 14.3 Å². The Labute approximate surface area is 140 Å². The van der Waals surface area contributed by atoms with E-state index in [0.717, 1.165) is 42.5 Å². The van der Waals surface area contributed by atoms with E-state index in [1.54, 1.807) is 25.1 Å². The molecule has 6 nitrogen and oxygen atoms in total. The number of hydrogen-bond acceptors (Lipinski definition) is 7. The van der Waals surface area contributed by atoms with E-state index in [4.69, 9.17) is 5.73 Å². The highest BCUT2D eigenvalue weighted by Crippen LogP contribution is 2.25. The Morgan fingerprint density at radius 1 is 1.09 bits per heavy atom. The number of nitrogens with two attached hydrogens (primary N) is 1. The standard InChI is InChI=1S/C16H21N5OS/c1-12(22)13-2-5-16(19-10-13)20-6-8-21(9-7-20)23-14-3-4-15(17)18-11-14/h2-5,10-12,22H,6-9H2,1H3,(H2,17,18). The van der Waals surface area contributed by atoms with Crippen LogP contribution in [0.1, 0.15) is 18.6 Å². The molecule has 1 saturated heterocycles. The summed E-state index contributed by atoms with van der Waals surface area (Å²) in [5.74, 6) is 1.51. The molecule has 0 bridgehead atoms. The maximum Gasteiger partial charge on any atom is 0.128 e. The van der Waals surface area contributed by atoms with E-state index in [-0.39, 0.29) is 0 Å². The number of aliphatic hydroxyl groups is 1. The molecule has 3 N–H and O–H groups in total. The number of aliphatic hydroxyl groups excluding tert-OH is 1. The number of nitrogens with zero attached hydrogens (tertiary/aromatic N) is 4. The molecule has 0 amide bonds. The Kier molecular flexibility index (Phi) is 5.00. The zero-order chi connectivity index (χ0) is 16.2. The lowest BCUT2D eigenvalue weighted by Gasteiger charge is -2.34. The molecule has 0 aliphatic carbocycles. The summed E-state index contributed by atoms with van der Waals surface area (Å²) in [5, 5.41) is 9.54. The third kappa shape index (κ3) is 4.13. The number of piperazine rings is 1. The van der Waals surface area contributed by atoms with Crippen molar-refractivity contribution in [1.82, 2.24) is 14.3 Å². The van der Waals surface area contributed by atoms with E-state index in [0.29, 0.717) is 5.82 Å². The maximum absolute atomic E-state index is 9.54. The van der Waals surface area contributed by atoms with Gasteiger partial charge in [0.2, 0.25) is 0 Å². The summed E-state index contributed by atoms with van der Waals surface area (Å²) in [4.78, 5) is 11.9. The number of rotatable bonds is 4. The van der Waals surface area contributed by atoms with E-state index in [1.807, 2.05) is 30.5 Å². The Bertz CT molecular complexity index is 624. The maximum atomic E-state index is 9.54. The first-order chi connectivity index (χ1) is 11.1. The summed E-state index contributed by atoms with van der Waals surface area (Å²) < 4.78 is 2.33. The normalized spacial score (nSPS) is 17.2. The van der Waals surface area contributed by atoms with E-state index in [2.05, 4.69) is 19.2 Å². The van der Waals surface area contributed by atoms with Crippen molar-refractivity contribution in [3.8, 4) is 0 Å². The van der Waals surface area contributed by atoms with Crippen molar-refractivity contribution in [3.05, 3.63) is 42.2 Å². The van der Waals surface area contributed by atoms with Crippen molar-refractivity contribution in [2.75, 3.05) is 36.8 Å². The van der Waals surface area contributed by atoms with Crippen LogP contribution in [0.15, 0.2) is 41.6 Å². The molecule has 23 heavy (non-hydrogen) atoms. The van der Waals surface area contributed by atoms with Gasteiger partial charge in [-0.2, -0.15) is 0 Å². The van der Waals surface area contributed by atoms with Crippen molar-refractivity contribution >= 4 is 23.6 Å². The first-order valence-corrected chi connectivity index (χ1v) is 8.42. The van der Waals surface area contributed by atoms with Crippen LogP contribution < -0.4 is 10.6 Å². The molecule has 0 aromatic carbocycles. The van der Waals surface area contributed by atoms with Crippen LogP contribution in [-0.4, -0.2) is 45.6 Å². The molecule has 2 aromatic rings. The lowest BCUT2D eigenvalue weighted by Crippen LogP contribution is -2.43. The smallest absolute Gasteiger partial charge is 0.128 e. The van der Waals surface area contributed by atoms with Gasteiger partial charge in [0.05, 0.1) is 6.10 Å². The van der Waals surface area contributed by atoms with Gasteiger partial charge in [0, 0.05) is 43.5 Å². The molecule has 3 heterocycles. The monoisotopic (exact) mass is 331 g/mol. The zero-order valence-corrected chi connectivity index (χ0v) is 13.9. The molecule has 1 unspecified atom stereocenters. The van der Waals surface area contributed by atoms with Gasteiger partial charge in [-0.15, -0.1) is 0 Å². The second-order valence-corrected chi connectivity index (χ2v) is 6.72. The van der Waals surface area contributed by atoms with Crippen molar-refractivity contribution in [1.29, 1.82) is 0 Å². The second kappa shape index (κ2) is 7.16. The third-order valence-electron chi connectivity index (χ3n) is 3.81. The highest BCUT2D eigenvalue weighted by molar-refractivity contribution is 7.97. The summed E-state index contributed by atoms with van der Waals surface area (Å²) >= 11 is 1.71. The quantitative estimate of drug-likeness (QED) is 0.829. The Morgan fingerprint density at radius 3 is 2.43 bits per heavy atom. The molecule has 2 aromatic heterocycles. The van der Waals surface area contributed by atoms with Gasteiger partial charge >= 0.3 is 0 Å². The van der Waals surface area contributed by atoms with Crippen molar-refractivity contribution < 1.29 is 5.11 Å². The molecule has 122 valence electrons. The minimum atomic E-state index is -0.474. The van der Waals surface area contributed by atoms with Gasteiger partial charge in [0.25, 0.3) is 0 Å².